The van der Waals surface area contributed by atoms with Crippen molar-refractivity contribution < 1.29 is 14.3 Å². The van der Waals surface area contributed by atoms with Crippen molar-refractivity contribution in [2.75, 3.05) is 13.2 Å². The van der Waals surface area contributed by atoms with Crippen LogP contribution in [0.4, 0.5) is 0 Å². The van der Waals surface area contributed by atoms with E-state index >= 15 is 0 Å². The minimum atomic E-state index is -0.305. The van der Waals surface area contributed by atoms with Crippen LogP contribution >= 0.6 is 11.8 Å². The third kappa shape index (κ3) is 4.46. The fraction of sp³-hybridized carbons (Fsp3) is 0.200. The molecule has 3 rings (SSSR count). The molecule has 0 bridgehead atoms. The molecule has 0 aliphatic carbocycles. The number of aryl methyl sites for hydroxylation is 2. The number of para-hydroxylation sites is 1. The Bertz CT molecular complexity index is 870. The smallest absolute Gasteiger partial charge is 0.286 e. The third-order valence-electron chi connectivity index (χ3n) is 3.80. The number of amidine groups is 1. The number of amides is 1. The second kappa shape index (κ2) is 8.10. The molecule has 26 heavy (non-hydrogen) atoms. The fourth-order valence-corrected chi connectivity index (χ4v) is 3.28. The molecule has 1 amide bonds. The Kier molecular flexibility index (Phi) is 5.63. The zero-order valence-corrected chi connectivity index (χ0v) is 15.5. The first-order valence-corrected chi connectivity index (χ1v) is 9.04. The number of nitrogens with zero attached hydrogens (tertiary/aromatic N) is 1. The van der Waals surface area contributed by atoms with E-state index in [9.17, 15) is 4.79 Å². The minimum Gasteiger partial charge on any atom is -0.490 e. The Morgan fingerprint density at radius 2 is 1.77 bits per heavy atom. The van der Waals surface area contributed by atoms with E-state index in [-0.39, 0.29) is 11.1 Å². The monoisotopic (exact) mass is 368 g/mol. The Balaban J connectivity index is 1.56. The summed E-state index contributed by atoms with van der Waals surface area (Å²) < 4.78 is 11.6. The number of carbonyl (C=O) groups is 1. The van der Waals surface area contributed by atoms with Crippen molar-refractivity contribution in [1.29, 1.82) is 0 Å². The van der Waals surface area contributed by atoms with E-state index in [1.165, 1.54) is 11.8 Å². The van der Waals surface area contributed by atoms with Crippen LogP contribution in [0.25, 0.3) is 6.08 Å². The van der Waals surface area contributed by atoms with Gasteiger partial charge in [-0.15, -0.1) is 0 Å². The Morgan fingerprint density at radius 1 is 1.08 bits per heavy atom. The highest BCUT2D eigenvalue weighted by Crippen LogP contribution is 2.27. The van der Waals surface area contributed by atoms with Crippen molar-refractivity contribution in [1.82, 2.24) is 0 Å². The SMILES string of the molecule is Cc1cccc(C)c1OCCOc1cccc(C=C2SC(N)=NC2=O)c1. The number of aliphatic imine (C=N–C) groups is 1. The summed E-state index contributed by atoms with van der Waals surface area (Å²) in [6.45, 7) is 4.94. The molecule has 0 unspecified atom stereocenters. The second-order valence-electron chi connectivity index (χ2n) is 5.86. The van der Waals surface area contributed by atoms with E-state index in [0.717, 1.165) is 22.4 Å². The lowest BCUT2D eigenvalue weighted by molar-refractivity contribution is -0.113. The topological polar surface area (TPSA) is 73.9 Å². The van der Waals surface area contributed by atoms with Gasteiger partial charge in [0.1, 0.15) is 24.7 Å². The average Bonchev–Trinajstić information content (AvgIpc) is 2.91. The molecule has 0 aromatic heterocycles. The van der Waals surface area contributed by atoms with Gasteiger partial charge >= 0.3 is 0 Å². The summed E-state index contributed by atoms with van der Waals surface area (Å²) in [6, 6.07) is 13.6. The summed E-state index contributed by atoms with van der Waals surface area (Å²) in [4.78, 5) is 15.9. The van der Waals surface area contributed by atoms with Gasteiger partial charge in [0.2, 0.25) is 0 Å². The quantitative estimate of drug-likeness (QED) is 0.622. The molecule has 0 saturated carbocycles. The predicted octanol–water partition coefficient (Wildman–Crippen LogP) is 3.69. The summed E-state index contributed by atoms with van der Waals surface area (Å²) in [6.07, 6.45) is 1.76. The maximum absolute atomic E-state index is 11.7. The molecule has 5 nitrogen and oxygen atoms in total. The van der Waals surface area contributed by atoms with E-state index in [1.54, 1.807) is 6.08 Å². The molecule has 0 fully saturated rings. The van der Waals surface area contributed by atoms with Crippen LogP contribution in [0.15, 0.2) is 52.4 Å². The highest BCUT2D eigenvalue weighted by molar-refractivity contribution is 8.18. The number of nitrogens with two attached hydrogens (primary N) is 1. The van der Waals surface area contributed by atoms with E-state index in [0.29, 0.717) is 23.9 Å². The van der Waals surface area contributed by atoms with Crippen molar-refractivity contribution in [2.45, 2.75) is 13.8 Å². The number of rotatable bonds is 6. The molecule has 2 N–H and O–H groups in total. The highest BCUT2D eigenvalue weighted by Gasteiger charge is 2.19. The van der Waals surface area contributed by atoms with Gasteiger partial charge < -0.3 is 15.2 Å². The molecule has 0 radical (unpaired) electrons. The van der Waals surface area contributed by atoms with Crippen molar-refractivity contribution in [3.63, 3.8) is 0 Å². The van der Waals surface area contributed by atoms with Gasteiger partial charge in [0.05, 0.1) is 4.91 Å². The number of ether oxygens (including phenoxy) is 2. The number of hydrogen-bond acceptors (Lipinski definition) is 5. The Labute approximate surface area is 156 Å². The molecule has 1 heterocycles. The molecule has 2 aromatic rings. The molecule has 134 valence electrons. The first-order valence-electron chi connectivity index (χ1n) is 8.23. The zero-order valence-electron chi connectivity index (χ0n) is 14.7. The standard InChI is InChI=1S/C20H20N2O3S/c1-13-5-3-6-14(2)18(13)25-10-9-24-16-8-4-7-15(11-16)12-17-19(23)22-20(21)26-17/h3-8,11-12H,9-10H2,1-2H3,(H2,21,22,23). The van der Waals surface area contributed by atoms with Gasteiger partial charge in [-0.1, -0.05) is 30.3 Å². The van der Waals surface area contributed by atoms with Crippen LogP contribution in [-0.2, 0) is 4.79 Å². The van der Waals surface area contributed by atoms with E-state index < -0.39 is 0 Å². The minimum absolute atomic E-state index is 0.275. The first kappa shape index (κ1) is 18.1. The predicted molar refractivity (Wildman–Crippen MR) is 106 cm³/mol. The van der Waals surface area contributed by atoms with Gasteiger partial charge in [0.15, 0.2) is 5.17 Å². The number of thioether (sulfide) groups is 1. The normalized spacial score (nSPS) is 15.2. The molecular formula is C20H20N2O3S. The van der Waals surface area contributed by atoms with Crippen LogP contribution < -0.4 is 15.2 Å². The first-order chi connectivity index (χ1) is 12.5. The summed E-state index contributed by atoms with van der Waals surface area (Å²) in [5.74, 6) is 1.32. The van der Waals surface area contributed by atoms with Crippen LogP contribution in [0, 0.1) is 13.8 Å². The number of carbonyl (C=O) groups excluding carboxylic acids is 1. The molecule has 1 aliphatic rings. The number of benzene rings is 2. The number of hydrogen-bond donors (Lipinski definition) is 1. The van der Waals surface area contributed by atoms with E-state index in [2.05, 4.69) is 4.99 Å². The van der Waals surface area contributed by atoms with Gasteiger partial charge in [-0.2, -0.15) is 4.99 Å². The van der Waals surface area contributed by atoms with Crippen LogP contribution in [0.2, 0.25) is 0 Å². The van der Waals surface area contributed by atoms with Gasteiger partial charge in [-0.3, -0.25) is 4.79 Å². The van der Waals surface area contributed by atoms with Gasteiger partial charge in [0.25, 0.3) is 5.91 Å². The molecule has 0 saturated heterocycles. The lowest BCUT2D eigenvalue weighted by atomic mass is 10.1. The van der Waals surface area contributed by atoms with Gasteiger partial charge in [-0.05, 0) is 60.5 Å². The van der Waals surface area contributed by atoms with Gasteiger partial charge in [-0.25, -0.2) is 0 Å². The van der Waals surface area contributed by atoms with Crippen molar-refractivity contribution >= 4 is 28.9 Å². The Morgan fingerprint density at radius 3 is 2.46 bits per heavy atom. The lowest BCUT2D eigenvalue weighted by Gasteiger charge is -2.12. The lowest BCUT2D eigenvalue weighted by Crippen LogP contribution is -2.10. The maximum Gasteiger partial charge on any atom is 0.286 e. The molecule has 0 atom stereocenters. The van der Waals surface area contributed by atoms with Crippen molar-refractivity contribution in [3.8, 4) is 11.5 Å². The fourth-order valence-electron chi connectivity index (χ4n) is 2.60. The maximum atomic E-state index is 11.7. The zero-order chi connectivity index (χ0) is 18.5. The van der Waals surface area contributed by atoms with Crippen LogP contribution in [-0.4, -0.2) is 24.3 Å². The largest absolute Gasteiger partial charge is 0.490 e. The van der Waals surface area contributed by atoms with E-state index in [1.807, 2.05) is 56.3 Å². The average molecular weight is 368 g/mol. The van der Waals surface area contributed by atoms with Crippen LogP contribution in [0.3, 0.4) is 0 Å². The molecular weight excluding hydrogens is 348 g/mol. The molecule has 0 spiro atoms. The van der Waals surface area contributed by atoms with Crippen molar-refractivity contribution in [3.05, 3.63) is 64.1 Å². The van der Waals surface area contributed by atoms with Crippen LogP contribution in [0.1, 0.15) is 16.7 Å². The summed E-state index contributed by atoms with van der Waals surface area (Å²) >= 11 is 1.17. The summed E-state index contributed by atoms with van der Waals surface area (Å²) in [5, 5.41) is 0.275. The second-order valence-corrected chi connectivity index (χ2v) is 6.92. The Hall–Kier alpha value is -2.73. The molecule has 6 heteroatoms. The third-order valence-corrected chi connectivity index (χ3v) is 4.61. The summed E-state index contributed by atoms with van der Waals surface area (Å²) in [7, 11) is 0. The highest BCUT2D eigenvalue weighted by atomic mass is 32.2. The summed E-state index contributed by atoms with van der Waals surface area (Å²) in [5.41, 5.74) is 8.64. The van der Waals surface area contributed by atoms with Gasteiger partial charge in [0, 0.05) is 0 Å². The van der Waals surface area contributed by atoms with Crippen molar-refractivity contribution in [2.24, 2.45) is 10.7 Å². The van der Waals surface area contributed by atoms with E-state index in [4.69, 9.17) is 15.2 Å². The molecule has 2 aromatic carbocycles. The molecule has 1 aliphatic heterocycles. The van der Waals surface area contributed by atoms with Crippen LogP contribution in [0.5, 0.6) is 11.5 Å².